The summed E-state index contributed by atoms with van der Waals surface area (Å²) >= 11 is 0. The van der Waals surface area contributed by atoms with Crippen LogP contribution in [0.5, 0.6) is 0 Å². The Hall–Kier alpha value is -0.0600. The number of esters is 2. The molecule has 0 bridgehead atoms. The molecule has 0 rings (SSSR count). The van der Waals surface area contributed by atoms with Gasteiger partial charge in [-0.1, -0.05) is 26.7 Å². The first-order valence-electron chi connectivity index (χ1n) is 6.02. The molecular formula is C12H22NaO4. The summed E-state index contributed by atoms with van der Waals surface area (Å²) < 4.78 is 9.82. The second-order valence-electron chi connectivity index (χ2n) is 3.65. The maximum absolute atomic E-state index is 11.1. The minimum Gasteiger partial charge on any atom is -0.466 e. The molecule has 5 heteroatoms. The van der Waals surface area contributed by atoms with Crippen molar-refractivity contribution in [3.63, 3.8) is 0 Å². The maximum Gasteiger partial charge on any atom is 0.306 e. The summed E-state index contributed by atoms with van der Waals surface area (Å²) in [6.07, 6.45) is 3.96. The van der Waals surface area contributed by atoms with Gasteiger partial charge in [0.05, 0.1) is 26.1 Å². The van der Waals surface area contributed by atoms with Crippen molar-refractivity contribution < 1.29 is 19.1 Å². The SMILES string of the molecule is CCCCOC(=O)CCC(=O)OCCCC.[Na]. The number of carbonyl (C=O) groups is 2. The molecule has 17 heavy (non-hydrogen) atoms. The molecule has 0 saturated carbocycles. The average molecular weight is 253 g/mol. The Kier molecular flexibility index (Phi) is 15.9. The minimum absolute atomic E-state index is 0. The predicted molar refractivity (Wildman–Crippen MR) is 66.7 cm³/mol. The van der Waals surface area contributed by atoms with E-state index < -0.39 is 0 Å². The van der Waals surface area contributed by atoms with E-state index in [-0.39, 0.29) is 54.3 Å². The van der Waals surface area contributed by atoms with Crippen LogP contribution in [0.2, 0.25) is 0 Å². The molecule has 1 radical (unpaired) electrons. The Morgan fingerprint density at radius 3 is 1.47 bits per heavy atom. The molecule has 0 atom stereocenters. The Labute approximate surface area is 126 Å². The number of unbranched alkanes of at least 4 members (excludes halogenated alkanes) is 2. The Balaban J connectivity index is 0. The number of hydrogen-bond acceptors (Lipinski definition) is 4. The van der Waals surface area contributed by atoms with Gasteiger partial charge in [-0.2, -0.15) is 0 Å². The van der Waals surface area contributed by atoms with Gasteiger partial charge in [-0.15, -0.1) is 0 Å². The summed E-state index contributed by atoms with van der Waals surface area (Å²) in [4.78, 5) is 22.2. The fourth-order valence-electron chi connectivity index (χ4n) is 1.01. The standard InChI is InChI=1S/C12H22O4.Na/c1-3-5-9-15-11(13)7-8-12(14)16-10-6-4-2;/h3-10H2,1-2H3;. The van der Waals surface area contributed by atoms with Crippen LogP contribution in [0.3, 0.4) is 0 Å². The zero-order chi connectivity index (χ0) is 12.2. The Morgan fingerprint density at radius 2 is 1.18 bits per heavy atom. The first-order chi connectivity index (χ1) is 7.70. The van der Waals surface area contributed by atoms with Crippen molar-refractivity contribution in [2.45, 2.75) is 52.4 Å². The molecule has 0 unspecified atom stereocenters. The molecule has 0 aliphatic heterocycles. The molecule has 4 nitrogen and oxygen atoms in total. The average Bonchev–Trinajstić information content (AvgIpc) is 2.27. The normalized spacial score (nSPS) is 9.29. The zero-order valence-corrected chi connectivity index (χ0v) is 13.3. The third-order valence-corrected chi connectivity index (χ3v) is 2.06. The van der Waals surface area contributed by atoms with Crippen molar-refractivity contribution in [3.8, 4) is 0 Å². The quantitative estimate of drug-likeness (QED) is 0.358. The number of ether oxygens (including phenoxy) is 2. The van der Waals surface area contributed by atoms with Crippen LogP contribution in [0.1, 0.15) is 52.4 Å². The van der Waals surface area contributed by atoms with Gasteiger partial charge < -0.3 is 9.47 Å². The van der Waals surface area contributed by atoms with Crippen LogP contribution in [0.4, 0.5) is 0 Å². The van der Waals surface area contributed by atoms with Crippen LogP contribution < -0.4 is 0 Å². The van der Waals surface area contributed by atoms with Crippen molar-refractivity contribution in [3.05, 3.63) is 0 Å². The molecule has 0 aromatic carbocycles. The van der Waals surface area contributed by atoms with Crippen molar-refractivity contribution in [1.29, 1.82) is 0 Å². The molecule has 0 N–H and O–H groups in total. The fourth-order valence-corrected chi connectivity index (χ4v) is 1.01. The smallest absolute Gasteiger partial charge is 0.306 e. The third-order valence-electron chi connectivity index (χ3n) is 2.06. The van der Waals surface area contributed by atoms with E-state index in [0.717, 1.165) is 25.7 Å². The molecule has 0 aromatic heterocycles. The van der Waals surface area contributed by atoms with E-state index >= 15 is 0 Å². The van der Waals surface area contributed by atoms with Gasteiger partial charge in [0, 0.05) is 29.6 Å². The van der Waals surface area contributed by atoms with E-state index in [2.05, 4.69) is 0 Å². The number of rotatable bonds is 9. The molecule has 0 heterocycles. The predicted octanol–water partition coefficient (Wildman–Crippen LogP) is 2.07. The van der Waals surface area contributed by atoms with Crippen LogP contribution in [0.15, 0.2) is 0 Å². The van der Waals surface area contributed by atoms with Crippen LogP contribution >= 0.6 is 0 Å². The fraction of sp³-hybridized carbons (Fsp3) is 0.833. The summed E-state index contributed by atoms with van der Waals surface area (Å²) in [5, 5.41) is 0. The van der Waals surface area contributed by atoms with Gasteiger partial charge in [-0.05, 0) is 12.8 Å². The van der Waals surface area contributed by atoms with Crippen molar-refractivity contribution in [1.82, 2.24) is 0 Å². The second-order valence-corrected chi connectivity index (χ2v) is 3.65. The van der Waals surface area contributed by atoms with Crippen LogP contribution in [0.25, 0.3) is 0 Å². The van der Waals surface area contributed by atoms with Crippen LogP contribution in [0, 0.1) is 0 Å². The number of hydrogen-bond donors (Lipinski definition) is 0. The van der Waals surface area contributed by atoms with Crippen molar-refractivity contribution >= 4 is 41.5 Å². The van der Waals surface area contributed by atoms with Gasteiger partial charge in [0.25, 0.3) is 0 Å². The van der Waals surface area contributed by atoms with Crippen molar-refractivity contribution in [2.24, 2.45) is 0 Å². The molecule has 0 amide bonds. The molecular weight excluding hydrogens is 231 g/mol. The molecule has 0 aliphatic carbocycles. The van der Waals surface area contributed by atoms with E-state index in [9.17, 15) is 9.59 Å². The van der Waals surface area contributed by atoms with Gasteiger partial charge in [-0.3, -0.25) is 9.59 Å². The largest absolute Gasteiger partial charge is 0.466 e. The van der Waals surface area contributed by atoms with E-state index in [0.29, 0.717) is 13.2 Å². The monoisotopic (exact) mass is 253 g/mol. The number of carbonyl (C=O) groups excluding carboxylic acids is 2. The van der Waals surface area contributed by atoms with E-state index in [1.54, 1.807) is 0 Å². The molecule has 95 valence electrons. The van der Waals surface area contributed by atoms with Gasteiger partial charge in [0.15, 0.2) is 0 Å². The molecule has 0 aromatic rings. The molecule has 0 saturated heterocycles. The summed E-state index contributed by atoms with van der Waals surface area (Å²) in [6, 6.07) is 0. The first kappa shape index (κ1) is 19.3. The summed E-state index contributed by atoms with van der Waals surface area (Å²) in [6.45, 7) is 4.94. The topological polar surface area (TPSA) is 52.6 Å². The Morgan fingerprint density at radius 1 is 0.824 bits per heavy atom. The molecule has 0 spiro atoms. The molecule has 0 aliphatic rings. The van der Waals surface area contributed by atoms with Crippen molar-refractivity contribution in [2.75, 3.05) is 13.2 Å². The summed E-state index contributed by atoms with van der Waals surface area (Å²) in [5.74, 6) is -0.637. The third kappa shape index (κ3) is 13.9. The van der Waals surface area contributed by atoms with Crippen LogP contribution in [-0.4, -0.2) is 54.7 Å². The maximum atomic E-state index is 11.1. The van der Waals surface area contributed by atoms with E-state index in [1.807, 2.05) is 13.8 Å². The minimum atomic E-state index is -0.319. The summed E-state index contributed by atoms with van der Waals surface area (Å²) in [5.41, 5.74) is 0. The van der Waals surface area contributed by atoms with Gasteiger partial charge in [0.2, 0.25) is 0 Å². The van der Waals surface area contributed by atoms with E-state index in [1.165, 1.54) is 0 Å². The first-order valence-corrected chi connectivity index (χ1v) is 6.02. The second kappa shape index (κ2) is 14.0. The van der Waals surface area contributed by atoms with Gasteiger partial charge in [0.1, 0.15) is 0 Å². The van der Waals surface area contributed by atoms with Crippen LogP contribution in [-0.2, 0) is 19.1 Å². The zero-order valence-electron chi connectivity index (χ0n) is 11.3. The molecule has 0 fully saturated rings. The van der Waals surface area contributed by atoms with Gasteiger partial charge in [-0.25, -0.2) is 0 Å². The summed E-state index contributed by atoms with van der Waals surface area (Å²) in [7, 11) is 0. The Bertz CT molecular complexity index is 185. The van der Waals surface area contributed by atoms with Gasteiger partial charge >= 0.3 is 11.9 Å². The van der Waals surface area contributed by atoms with E-state index in [4.69, 9.17) is 9.47 Å².